The van der Waals surface area contributed by atoms with Crippen molar-refractivity contribution in [1.82, 2.24) is 20.1 Å². The van der Waals surface area contributed by atoms with E-state index >= 15 is 0 Å². The maximum absolute atomic E-state index is 13.7. The zero-order chi connectivity index (χ0) is 22.3. The lowest BCUT2D eigenvalue weighted by Crippen LogP contribution is -2.46. The highest BCUT2D eigenvalue weighted by atomic mass is 32.1. The number of carbonyl (C=O) groups is 2. The Balaban J connectivity index is 1.42. The quantitative estimate of drug-likeness (QED) is 0.546. The molecule has 2 aliphatic rings. The fourth-order valence-corrected chi connectivity index (χ4v) is 6.17. The third-order valence-corrected chi connectivity index (χ3v) is 7.58. The normalized spacial score (nSPS) is 24.1. The molecule has 5 rings (SSSR count). The average molecular weight is 449 g/mol. The number of urea groups is 1. The van der Waals surface area contributed by atoms with Gasteiger partial charge in [0.1, 0.15) is 10.5 Å². The Kier molecular flexibility index (Phi) is 5.47. The fourth-order valence-electron chi connectivity index (χ4n) is 5.03. The van der Waals surface area contributed by atoms with Crippen molar-refractivity contribution in [3.8, 4) is 0 Å². The number of fused-ring (bicyclic) bond motifs is 1. The molecule has 2 saturated heterocycles. The van der Waals surface area contributed by atoms with Crippen LogP contribution >= 0.6 is 11.3 Å². The zero-order valence-corrected chi connectivity index (χ0v) is 19.3. The molecule has 2 aliphatic heterocycles. The third kappa shape index (κ3) is 3.59. The number of rotatable bonds is 6. The van der Waals surface area contributed by atoms with Gasteiger partial charge >= 0.3 is 6.03 Å². The van der Waals surface area contributed by atoms with Crippen LogP contribution in [0.5, 0.6) is 0 Å². The summed E-state index contributed by atoms with van der Waals surface area (Å²) < 4.78 is 1.17. The molecule has 1 N–H and O–H groups in total. The first-order chi connectivity index (χ1) is 15.5. The summed E-state index contributed by atoms with van der Waals surface area (Å²) in [5.41, 5.74) is 0.852. The molecule has 0 saturated carbocycles. The molecular formula is C25H28N4O2S. The van der Waals surface area contributed by atoms with E-state index in [1.54, 1.807) is 11.3 Å². The second-order valence-electron chi connectivity index (χ2n) is 9.16. The molecular weight excluding hydrogens is 420 g/mol. The lowest BCUT2D eigenvalue weighted by Gasteiger charge is -2.30. The van der Waals surface area contributed by atoms with E-state index in [-0.39, 0.29) is 30.6 Å². The Bertz CT molecular complexity index is 1110. The predicted octanol–water partition coefficient (Wildman–Crippen LogP) is 4.88. The smallest absolute Gasteiger partial charge is 0.319 e. The minimum Gasteiger partial charge on any atom is -0.319 e. The molecule has 32 heavy (non-hydrogen) atoms. The van der Waals surface area contributed by atoms with Crippen molar-refractivity contribution in [2.75, 3.05) is 13.2 Å². The molecule has 0 spiro atoms. The number of nitrogens with one attached hydrogen (secondary N) is 1. The topological polar surface area (TPSA) is 65.5 Å². The SMILES string of the molecule is CC(C)C[C@]1(c2ccccc2)NC(=O)N(CN2CCC[C@@H]2c2nc3ccccc3s2)C1=O. The van der Waals surface area contributed by atoms with Crippen molar-refractivity contribution < 1.29 is 9.59 Å². The summed E-state index contributed by atoms with van der Waals surface area (Å²) in [5, 5.41) is 4.12. The third-order valence-electron chi connectivity index (χ3n) is 6.44. The van der Waals surface area contributed by atoms with E-state index in [4.69, 9.17) is 4.98 Å². The van der Waals surface area contributed by atoms with Crippen LogP contribution in [0.2, 0.25) is 0 Å². The summed E-state index contributed by atoms with van der Waals surface area (Å²) in [6, 6.07) is 17.6. The highest BCUT2D eigenvalue weighted by molar-refractivity contribution is 7.18. The number of para-hydroxylation sites is 1. The van der Waals surface area contributed by atoms with Crippen LogP contribution < -0.4 is 5.32 Å². The molecule has 1 aromatic heterocycles. The van der Waals surface area contributed by atoms with Crippen LogP contribution in [0, 0.1) is 5.92 Å². The van der Waals surface area contributed by atoms with Crippen LogP contribution in [0.1, 0.15) is 49.7 Å². The first-order valence-corrected chi connectivity index (χ1v) is 12.1. The number of amides is 3. The highest BCUT2D eigenvalue weighted by Gasteiger charge is 2.53. The Labute approximate surface area is 192 Å². The molecule has 2 atom stereocenters. The molecule has 0 radical (unpaired) electrons. The standard InChI is InChI=1S/C25H28N4O2S/c1-17(2)15-25(18-9-4-3-5-10-18)23(30)29(24(31)27-25)16-28-14-8-12-20(28)22-26-19-11-6-7-13-21(19)32-22/h3-7,9-11,13,17,20H,8,12,14-16H2,1-2H3,(H,27,31)/t20-,25-/m1/s1. The monoisotopic (exact) mass is 448 g/mol. The van der Waals surface area contributed by atoms with E-state index in [0.717, 1.165) is 35.5 Å². The number of benzene rings is 2. The molecule has 2 aromatic carbocycles. The molecule has 3 amide bonds. The first-order valence-electron chi connectivity index (χ1n) is 11.3. The van der Waals surface area contributed by atoms with Crippen LogP contribution in [0.4, 0.5) is 4.79 Å². The number of thiazole rings is 1. The van der Waals surface area contributed by atoms with Gasteiger partial charge in [0.15, 0.2) is 0 Å². The van der Waals surface area contributed by atoms with Gasteiger partial charge in [-0.15, -0.1) is 11.3 Å². The predicted molar refractivity (Wildman–Crippen MR) is 126 cm³/mol. The van der Waals surface area contributed by atoms with E-state index in [0.29, 0.717) is 6.42 Å². The van der Waals surface area contributed by atoms with E-state index in [1.807, 2.05) is 48.5 Å². The minimum absolute atomic E-state index is 0.129. The molecule has 0 unspecified atom stereocenters. The number of carbonyl (C=O) groups excluding carboxylic acids is 2. The van der Waals surface area contributed by atoms with E-state index in [1.165, 1.54) is 9.60 Å². The van der Waals surface area contributed by atoms with Gasteiger partial charge in [-0.25, -0.2) is 14.7 Å². The van der Waals surface area contributed by atoms with Gasteiger partial charge in [-0.2, -0.15) is 0 Å². The van der Waals surface area contributed by atoms with Crippen molar-refractivity contribution in [2.24, 2.45) is 5.92 Å². The summed E-state index contributed by atoms with van der Waals surface area (Å²) in [4.78, 5) is 35.3. The van der Waals surface area contributed by atoms with E-state index in [9.17, 15) is 9.59 Å². The summed E-state index contributed by atoms with van der Waals surface area (Å²) in [6.07, 6.45) is 2.58. The molecule has 3 aromatic rings. The van der Waals surface area contributed by atoms with E-state index in [2.05, 4.69) is 30.1 Å². The summed E-state index contributed by atoms with van der Waals surface area (Å²) in [6.45, 7) is 5.30. The van der Waals surface area contributed by atoms with Crippen LogP contribution in [-0.4, -0.2) is 39.9 Å². The molecule has 166 valence electrons. The minimum atomic E-state index is -1.00. The second kappa shape index (κ2) is 8.30. The molecule has 0 aliphatic carbocycles. The molecule has 3 heterocycles. The zero-order valence-electron chi connectivity index (χ0n) is 18.5. The summed E-state index contributed by atoms with van der Waals surface area (Å²) >= 11 is 1.71. The van der Waals surface area contributed by atoms with Crippen LogP contribution in [-0.2, 0) is 10.3 Å². The van der Waals surface area contributed by atoms with E-state index < -0.39 is 5.54 Å². The largest absolute Gasteiger partial charge is 0.326 e. The van der Waals surface area contributed by atoms with Crippen molar-refractivity contribution in [1.29, 1.82) is 0 Å². The van der Waals surface area contributed by atoms with Crippen molar-refractivity contribution in [2.45, 2.75) is 44.7 Å². The molecule has 7 heteroatoms. The molecule has 6 nitrogen and oxygen atoms in total. The van der Waals surface area contributed by atoms with Gasteiger partial charge in [-0.1, -0.05) is 56.3 Å². The van der Waals surface area contributed by atoms with Gasteiger partial charge < -0.3 is 5.32 Å². The van der Waals surface area contributed by atoms with Crippen molar-refractivity contribution >= 4 is 33.5 Å². The van der Waals surface area contributed by atoms with Gasteiger partial charge in [0.05, 0.1) is 22.9 Å². The van der Waals surface area contributed by atoms with Crippen molar-refractivity contribution in [3.05, 3.63) is 65.2 Å². The number of likely N-dealkylation sites (tertiary alicyclic amines) is 1. The Hall–Kier alpha value is -2.77. The van der Waals surface area contributed by atoms with Crippen LogP contribution in [0.25, 0.3) is 10.2 Å². The van der Waals surface area contributed by atoms with Gasteiger partial charge in [0.2, 0.25) is 0 Å². The second-order valence-corrected chi connectivity index (χ2v) is 10.2. The van der Waals surface area contributed by atoms with Crippen LogP contribution in [0.15, 0.2) is 54.6 Å². The Morgan fingerprint density at radius 3 is 2.62 bits per heavy atom. The average Bonchev–Trinajstić information content (AvgIpc) is 3.47. The molecule has 2 fully saturated rings. The maximum Gasteiger partial charge on any atom is 0.326 e. The first kappa shape index (κ1) is 21.1. The van der Waals surface area contributed by atoms with Gasteiger partial charge in [0, 0.05) is 6.54 Å². The number of aromatic nitrogens is 1. The summed E-state index contributed by atoms with van der Waals surface area (Å²) in [7, 11) is 0. The van der Waals surface area contributed by atoms with Gasteiger partial charge in [-0.3, -0.25) is 9.69 Å². The fraction of sp³-hybridized carbons (Fsp3) is 0.400. The Morgan fingerprint density at radius 1 is 1.12 bits per heavy atom. The number of hydrogen-bond acceptors (Lipinski definition) is 5. The number of imide groups is 1. The number of hydrogen-bond donors (Lipinski definition) is 1. The molecule has 0 bridgehead atoms. The highest BCUT2D eigenvalue weighted by Crippen LogP contribution is 2.39. The Morgan fingerprint density at radius 2 is 1.88 bits per heavy atom. The van der Waals surface area contributed by atoms with Crippen molar-refractivity contribution in [3.63, 3.8) is 0 Å². The maximum atomic E-state index is 13.7. The summed E-state index contributed by atoms with van der Waals surface area (Å²) in [5.74, 6) is 0.0963. The number of nitrogens with zero attached hydrogens (tertiary/aromatic N) is 3. The van der Waals surface area contributed by atoms with Gasteiger partial charge in [-0.05, 0) is 42.9 Å². The van der Waals surface area contributed by atoms with Crippen LogP contribution in [0.3, 0.4) is 0 Å². The lowest BCUT2D eigenvalue weighted by molar-refractivity contribution is -0.133. The van der Waals surface area contributed by atoms with Gasteiger partial charge in [0.25, 0.3) is 5.91 Å². The lowest BCUT2D eigenvalue weighted by atomic mass is 9.82.